The van der Waals surface area contributed by atoms with Crippen molar-refractivity contribution in [1.29, 1.82) is 0 Å². The summed E-state index contributed by atoms with van der Waals surface area (Å²) in [5.74, 6) is 3.00. The Morgan fingerprint density at radius 3 is 2.06 bits per heavy atom. The van der Waals surface area contributed by atoms with Crippen LogP contribution in [0.1, 0.15) is 120 Å². The molecule has 0 spiro atoms. The van der Waals surface area contributed by atoms with E-state index in [0.29, 0.717) is 0 Å². The van der Waals surface area contributed by atoms with Crippen molar-refractivity contribution in [1.82, 2.24) is 0 Å². The van der Waals surface area contributed by atoms with Crippen LogP contribution in [-0.4, -0.2) is 10.7 Å². The summed E-state index contributed by atoms with van der Waals surface area (Å²) in [7, 11) is 0. The van der Waals surface area contributed by atoms with E-state index >= 15 is 0 Å². The minimum atomic E-state index is 0.894. The van der Waals surface area contributed by atoms with Gasteiger partial charge in [0.1, 0.15) is 0 Å². The zero-order valence-electron chi connectivity index (χ0n) is 22.7. The fourth-order valence-electron chi connectivity index (χ4n) is 4.74. The molecule has 0 bridgehead atoms. The normalized spacial score (nSPS) is 11.5. The number of benzene rings is 2. The van der Waals surface area contributed by atoms with Gasteiger partial charge in [-0.05, 0) is 73.3 Å². The van der Waals surface area contributed by atoms with E-state index in [9.17, 15) is 5.53 Å². The molecular weight excluding hydrogens is 424 g/mol. The predicted octanol–water partition coefficient (Wildman–Crippen LogP) is 9.91. The van der Waals surface area contributed by atoms with Gasteiger partial charge in [0.05, 0.1) is 5.57 Å². The first-order valence-corrected chi connectivity index (χ1v) is 14.0. The summed E-state index contributed by atoms with van der Waals surface area (Å²) in [6.07, 6.45) is 15.0. The second-order valence-electron chi connectivity index (χ2n) is 9.84. The third kappa shape index (κ3) is 9.85. The summed E-state index contributed by atoms with van der Waals surface area (Å²) in [5, 5.41) is 0. The summed E-state index contributed by atoms with van der Waals surface area (Å²) in [5.41, 5.74) is 18.3. The van der Waals surface area contributed by atoms with Crippen molar-refractivity contribution in [3.05, 3.63) is 87.5 Å². The molecule has 188 valence electrons. The van der Waals surface area contributed by atoms with E-state index in [1.54, 1.807) is 0 Å². The molecule has 0 saturated carbocycles. The molecule has 0 atom stereocenters. The quantitative estimate of drug-likeness (QED) is 0.0769. The highest BCUT2D eigenvalue weighted by molar-refractivity contribution is 5.87. The topological polar surface area (TPSA) is 36.4 Å². The van der Waals surface area contributed by atoms with E-state index in [0.717, 1.165) is 37.7 Å². The van der Waals surface area contributed by atoms with Gasteiger partial charge in [0.25, 0.3) is 0 Å². The molecule has 2 aromatic rings. The van der Waals surface area contributed by atoms with E-state index < -0.39 is 0 Å². The average molecular weight is 471 g/mol. The molecule has 0 aliphatic rings. The van der Waals surface area contributed by atoms with Crippen LogP contribution in [0, 0.1) is 6.92 Å². The van der Waals surface area contributed by atoms with Crippen molar-refractivity contribution in [2.45, 2.75) is 111 Å². The summed E-state index contributed by atoms with van der Waals surface area (Å²) >= 11 is 0. The van der Waals surface area contributed by atoms with Crippen molar-refractivity contribution in [3.63, 3.8) is 0 Å². The summed E-state index contributed by atoms with van der Waals surface area (Å²) < 4.78 is 0. The molecule has 2 aromatic carbocycles. The molecule has 0 aliphatic carbocycles. The minimum absolute atomic E-state index is 0.894. The standard InChI is InChI=1S/C33H46N2/c1-5-8-11-14-16-28-17-15-19-30(25-28)33(29-23-21-27(4)22-24-29)32(20-13-10-7-3)31(26-35-34)18-12-9-6-2/h15,17,19,21-25H,5-14,16,18,20H2,1-4H3. The van der Waals surface area contributed by atoms with Crippen LogP contribution in [0.15, 0.2) is 59.7 Å². The fourth-order valence-corrected chi connectivity index (χ4v) is 4.74. The Balaban J connectivity index is 2.65. The maximum Gasteiger partial charge on any atom is 0.303 e. The van der Waals surface area contributed by atoms with Gasteiger partial charge in [-0.2, -0.15) is 0 Å². The zero-order valence-corrected chi connectivity index (χ0v) is 22.7. The highest BCUT2D eigenvalue weighted by Gasteiger charge is 2.18. The van der Waals surface area contributed by atoms with E-state index in [-0.39, 0.29) is 0 Å². The molecule has 2 rings (SSSR count). The molecule has 35 heavy (non-hydrogen) atoms. The SMILES string of the molecule is CCCCCCc1cccc(C(=C(CCCCC)C(=C=[N+]=[N-])CCCCC)c2ccc(C)cc2)c1. The predicted molar refractivity (Wildman–Crippen MR) is 152 cm³/mol. The van der Waals surface area contributed by atoms with Crippen LogP contribution in [0.5, 0.6) is 0 Å². The van der Waals surface area contributed by atoms with Crippen LogP contribution in [0.4, 0.5) is 0 Å². The Morgan fingerprint density at radius 1 is 0.743 bits per heavy atom. The monoisotopic (exact) mass is 470 g/mol. The molecule has 0 amide bonds. The van der Waals surface area contributed by atoms with Crippen LogP contribution in [-0.2, 0) is 6.42 Å². The Hall–Kier alpha value is -2.66. The van der Waals surface area contributed by atoms with Crippen molar-refractivity contribution < 1.29 is 4.79 Å². The number of aryl methyl sites for hydroxylation is 2. The van der Waals surface area contributed by atoms with Crippen molar-refractivity contribution in [2.75, 3.05) is 0 Å². The Kier molecular flexibility index (Phi) is 13.8. The second-order valence-corrected chi connectivity index (χ2v) is 9.84. The van der Waals surface area contributed by atoms with Gasteiger partial charge < -0.3 is 5.53 Å². The highest BCUT2D eigenvalue weighted by Crippen LogP contribution is 2.35. The largest absolute Gasteiger partial charge is 0.348 e. The Morgan fingerprint density at radius 2 is 1.40 bits per heavy atom. The smallest absolute Gasteiger partial charge is 0.303 e. The van der Waals surface area contributed by atoms with Gasteiger partial charge in [-0.25, -0.2) is 0 Å². The van der Waals surface area contributed by atoms with Crippen LogP contribution >= 0.6 is 0 Å². The number of hydrogen-bond acceptors (Lipinski definition) is 0. The number of allylic oxidation sites excluding steroid dienone is 2. The molecule has 0 unspecified atom stereocenters. The molecule has 2 nitrogen and oxygen atoms in total. The molecule has 2 heteroatoms. The molecule has 0 N–H and O–H groups in total. The number of rotatable bonds is 16. The zero-order chi connectivity index (χ0) is 25.3. The third-order valence-electron chi connectivity index (χ3n) is 6.79. The van der Waals surface area contributed by atoms with Crippen LogP contribution in [0.3, 0.4) is 0 Å². The lowest BCUT2D eigenvalue weighted by Crippen LogP contribution is -2.02. The van der Waals surface area contributed by atoms with Crippen molar-refractivity contribution in [3.8, 4) is 0 Å². The molecule has 0 fully saturated rings. The van der Waals surface area contributed by atoms with Gasteiger partial charge in [0.2, 0.25) is 0 Å². The second kappa shape index (κ2) is 16.9. The number of nitrogens with zero attached hydrogens (tertiary/aromatic N) is 2. The molecule has 0 aromatic heterocycles. The molecule has 0 aliphatic heterocycles. The number of unbranched alkanes of at least 4 members (excludes halogenated alkanes) is 7. The van der Waals surface area contributed by atoms with Crippen LogP contribution in [0.25, 0.3) is 11.1 Å². The van der Waals surface area contributed by atoms with E-state index in [4.69, 9.17) is 0 Å². The van der Waals surface area contributed by atoms with Crippen molar-refractivity contribution >= 4 is 11.4 Å². The first-order valence-electron chi connectivity index (χ1n) is 14.0. The van der Waals surface area contributed by atoms with Gasteiger partial charge in [0.15, 0.2) is 0 Å². The summed E-state index contributed by atoms with van der Waals surface area (Å²) in [4.78, 5) is 3.40. The molecular formula is C33H46N2. The highest BCUT2D eigenvalue weighted by atomic mass is 14.8. The van der Waals surface area contributed by atoms with Gasteiger partial charge in [-0.3, -0.25) is 0 Å². The minimum Gasteiger partial charge on any atom is -0.348 e. The van der Waals surface area contributed by atoms with Gasteiger partial charge in [-0.15, -0.1) is 4.79 Å². The lowest BCUT2D eigenvalue weighted by Gasteiger charge is -2.18. The first-order chi connectivity index (χ1) is 17.1. The summed E-state index contributed by atoms with van der Waals surface area (Å²) in [6, 6.07) is 18.0. The maximum absolute atomic E-state index is 9.53. The number of hydrogen-bond donors (Lipinski definition) is 0. The molecule has 0 heterocycles. The van der Waals surface area contributed by atoms with E-state index in [1.165, 1.54) is 84.8 Å². The van der Waals surface area contributed by atoms with Gasteiger partial charge in [-0.1, -0.05) is 120 Å². The maximum atomic E-state index is 9.53. The first kappa shape index (κ1) is 28.6. The molecule has 0 saturated heterocycles. The molecule has 0 radical (unpaired) electrons. The van der Waals surface area contributed by atoms with Crippen molar-refractivity contribution in [2.24, 2.45) is 0 Å². The van der Waals surface area contributed by atoms with Gasteiger partial charge in [0, 0.05) is 0 Å². The lowest BCUT2D eigenvalue weighted by atomic mass is 9.84. The lowest BCUT2D eigenvalue weighted by molar-refractivity contribution is 0.00739. The average Bonchev–Trinajstić information content (AvgIpc) is 2.87. The summed E-state index contributed by atoms with van der Waals surface area (Å²) in [6.45, 7) is 8.88. The Labute approximate surface area is 214 Å². The third-order valence-corrected chi connectivity index (χ3v) is 6.79. The van der Waals surface area contributed by atoms with Crippen LogP contribution < -0.4 is 0 Å². The van der Waals surface area contributed by atoms with E-state index in [2.05, 4.69) is 86.9 Å². The van der Waals surface area contributed by atoms with Gasteiger partial charge >= 0.3 is 5.87 Å². The van der Waals surface area contributed by atoms with Crippen LogP contribution in [0.2, 0.25) is 0 Å². The van der Waals surface area contributed by atoms with E-state index in [1.807, 2.05) is 0 Å². The fraction of sp³-hybridized carbons (Fsp3) is 0.515. The Bertz CT molecular complexity index is 1000.